The number of phenols is 2. The molecule has 2 nitrogen and oxygen atoms in total. The first-order chi connectivity index (χ1) is 8.65. The molecule has 2 rings (SSSR count). The van der Waals surface area contributed by atoms with Crippen LogP contribution in [-0.2, 0) is 6.42 Å². The minimum absolute atomic E-state index is 0.0225. The van der Waals surface area contributed by atoms with Gasteiger partial charge in [0.15, 0.2) is 11.5 Å². The van der Waals surface area contributed by atoms with Crippen LogP contribution in [-0.4, -0.2) is 10.2 Å². The fraction of sp³-hybridized carbons (Fsp3) is 0.200. The fourth-order valence-corrected chi connectivity index (χ4v) is 1.72. The molecule has 0 saturated heterocycles. The van der Waals surface area contributed by atoms with Gasteiger partial charge in [-0.3, -0.25) is 0 Å². The lowest BCUT2D eigenvalue weighted by Gasteiger charge is -2.03. The van der Waals surface area contributed by atoms with Crippen LogP contribution in [0.5, 0.6) is 11.5 Å². The molecule has 0 amide bonds. The van der Waals surface area contributed by atoms with Gasteiger partial charge in [0.05, 0.1) is 0 Å². The van der Waals surface area contributed by atoms with Gasteiger partial charge < -0.3 is 10.2 Å². The van der Waals surface area contributed by atoms with Gasteiger partial charge in [0, 0.05) is 0 Å². The summed E-state index contributed by atoms with van der Waals surface area (Å²) in [5, 5.41) is 19.6. The first-order valence-corrected chi connectivity index (χ1v) is 6.53. The third-order valence-electron chi connectivity index (χ3n) is 2.42. The molecule has 96 valence electrons. The quantitative estimate of drug-likeness (QED) is 0.644. The second kappa shape index (κ2) is 7.73. The van der Waals surface area contributed by atoms with Crippen molar-refractivity contribution in [3.8, 4) is 11.5 Å². The minimum atomic E-state index is -0.0315. The maximum absolute atomic E-state index is 9.28. The molecule has 0 bridgehead atoms. The number of hydrogen-bond donors (Lipinski definition) is 2. The van der Waals surface area contributed by atoms with Crippen LogP contribution in [0, 0.1) is 0 Å². The lowest BCUT2D eigenvalue weighted by molar-refractivity contribution is 0.399. The van der Waals surface area contributed by atoms with E-state index in [1.807, 2.05) is 43.3 Å². The Morgan fingerprint density at radius 3 is 2.11 bits per heavy atom. The van der Waals surface area contributed by atoms with Crippen molar-refractivity contribution in [3.63, 3.8) is 0 Å². The molecule has 18 heavy (non-hydrogen) atoms. The lowest BCUT2D eigenvalue weighted by Crippen LogP contribution is -1.83. The Balaban J connectivity index is 0.000000199. The van der Waals surface area contributed by atoms with Gasteiger partial charge in [0.2, 0.25) is 0 Å². The molecule has 0 aliphatic carbocycles. The van der Waals surface area contributed by atoms with E-state index in [1.165, 1.54) is 11.4 Å². The average molecular weight is 262 g/mol. The predicted octanol–water partition coefficient (Wildman–Crippen LogP) is 3.24. The number of aryl methyl sites for hydroxylation is 1. The van der Waals surface area contributed by atoms with Crippen molar-refractivity contribution in [2.75, 3.05) is 0 Å². The number of rotatable bonds is 2. The Morgan fingerprint density at radius 2 is 1.61 bits per heavy atom. The van der Waals surface area contributed by atoms with Gasteiger partial charge in [0.1, 0.15) is 0 Å². The van der Waals surface area contributed by atoms with Crippen molar-refractivity contribution in [2.45, 2.75) is 19.8 Å². The zero-order valence-electron chi connectivity index (χ0n) is 10.5. The molecule has 1 atom stereocenters. The van der Waals surface area contributed by atoms with E-state index in [0.29, 0.717) is 0 Å². The molecule has 0 saturated carbocycles. The summed E-state index contributed by atoms with van der Waals surface area (Å²) in [6.45, 7) is 2.03. The summed E-state index contributed by atoms with van der Waals surface area (Å²) in [4.78, 5) is 0. The third-order valence-corrected chi connectivity index (χ3v) is 2.80. The van der Waals surface area contributed by atoms with Gasteiger partial charge >= 0.3 is 0 Å². The van der Waals surface area contributed by atoms with Crippen molar-refractivity contribution in [1.82, 2.24) is 0 Å². The van der Waals surface area contributed by atoms with Gasteiger partial charge in [-0.1, -0.05) is 55.8 Å². The molecule has 0 spiro atoms. The summed E-state index contributed by atoms with van der Waals surface area (Å²) >= 11 is 0. The Kier molecular flexibility index (Phi) is 6.24. The molecule has 0 aliphatic heterocycles. The Labute approximate surface area is 111 Å². The summed E-state index contributed by atoms with van der Waals surface area (Å²) in [5.74, 6) is -0.00898. The Bertz CT molecular complexity index is 469. The van der Waals surface area contributed by atoms with Crippen LogP contribution in [0.15, 0.2) is 48.5 Å². The number of hydrogen-bond acceptors (Lipinski definition) is 2. The molecular weight excluding hydrogens is 243 g/mol. The topological polar surface area (TPSA) is 40.5 Å². The third kappa shape index (κ3) is 4.77. The van der Waals surface area contributed by atoms with E-state index in [-0.39, 0.29) is 11.5 Å². The molecule has 2 aromatic carbocycles. The summed E-state index contributed by atoms with van der Waals surface area (Å²) < 4.78 is 0. The normalized spacial score (nSPS) is 9.44. The molecule has 0 heterocycles. The number of para-hydroxylation sites is 1. The van der Waals surface area contributed by atoms with Gasteiger partial charge in [-0.25, -0.2) is 0 Å². The van der Waals surface area contributed by atoms with E-state index < -0.39 is 0 Å². The Hall–Kier alpha value is -1.53. The number of phenolic OH excluding ortho intramolecular Hbond substituents is 2. The van der Waals surface area contributed by atoms with Crippen molar-refractivity contribution in [3.05, 3.63) is 54.1 Å². The molecule has 2 N–H and O–H groups in total. The highest BCUT2D eigenvalue weighted by Gasteiger charge is 2.02. The molecule has 0 fully saturated rings. The SMILES string of the molecule is CCCc1cccc(O)c1O.Pc1ccccc1. The van der Waals surface area contributed by atoms with Crippen molar-refractivity contribution >= 4 is 14.5 Å². The molecule has 1 unspecified atom stereocenters. The lowest BCUT2D eigenvalue weighted by atomic mass is 10.1. The average Bonchev–Trinajstić information content (AvgIpc) is 2.37. The van der Waals surface area contributed by atoms with Gasteiger partial charge in [-0.05, 0) is 23.4 Å². The van der Waals surface area contributed by atoms with E-state index in [1.54, 1.807) is 6.07 Å². The summed E-state index contributed by atoms with van der Waals surface area (Å²) in [7, 11) is 2.63. The van der Waals surface area contributed by atoms with Crippen molar-refractivity contribution in [1.29, 1.82) is 0 Å². The molecule has 3 heteroatoms. The molecule has 2 aromatic rings. The highest BCUT2D eigenvalue weighted by Crippen LogP contribution is 2.28. The number of benzene rings is 2. The zero-order chi connectivity index (χ0) is 13.4. The van der Waals surface area contributed by atoms with Crippen LogP contribution in [0.2, 0.25) is 0 Å². The van der Waals surface area contributed by atoms with Crippen LogP contribution < -0.4 is 5.30 Å². The highest BCUT2D eigenvalue weighted by atomic mass is 31.0. The van der Waals surface area contributed by atoms with Gasteiger partial charge in [0.25, 0.3) is 0 Å². The summed E-state index contributed by atoms with van der Waals surface area (Å²) in [6, 6.07) is 15.2. The fourth-order valence-electron chi connectivity index (χ4n) is 1.50. The largest absolute Gasteiger partial charge is 0.504 e. The smallest absolute Gasteiger partial charge is 0.160 e. The van der Waals surface area contributed by atoms with Gasteiger partial charge in [-0.2, -0.15) is 0 Å². The van der Waals surface area contributed by atoms with Crippen molar-refractivity contribution in [2.24, 2.45) is 0 Å². The van der Waals surface area contributed by atoms with E-state index in [0.717, 1.165) is 18.4 Å². The standard InChI is InChI=1S/C9H12O2.C6H7P/c1-2-4-7-5-3-6-8(10)9(7)11;7-6-4-2-1-3-5-6/h3,5-6,10-11H,2,4H2,1H3;1-5H,7H2. The minimum Gasteiger partial charge on any atom is -0.504 e. The first kappa shape index (κ1) is 14.5. The second-order valence-electron chi connectivity index (χ2n) is 3.95. The second-order valence-corrected chi connectivity index (χ2v) is 4.61. The van der Waals surface area contributed by atoms with Crippen LogP contribution in [0.4, 0.5) is 0 Å². The van der Waals surface area contributed by atoms with E-state index in [2.05, 4.69) is 9.24 Å². The maximum Gasteiger partial charge on any atom is 0.160 e. The molecular formula is C15H19O2P. The molecule has 0 aliphatic rings. The number of aromatic hydroxyl groups is 2. The molecule has 0 radical (unpaired) electrons. The Morgan fingerprint density at radius 1 is 0.944 bits per heavy atom. The highest BCUT2D eigenvalue weighted by molar-refractivity contribution is 7.27. The first-order valence-electron chi connectivity index (χ1n) is 5.95. The van der Waals surface area contributed by atoms with Crippen LogP contribution in [0.1, 0.15) is 18.9 Å². The van der Waals surface area contributed by atoms with E-state index in [4.69, 9.17) is 5.11 Å². The van der Waals surface area contributed by atoms with Crippen LogP contribution in [0.25, 0.3) is 0 Å². The van der Waals surface area contributed by atoms with Gasteiger partial charge in [-0.15, -0.1) is 9.24 Å². The summed E-state index contributed by atoms with van der Waals surface area (Å²) in [5.41, 5.74) is 0.813. The van der Waals surface area contributed by atoms with Crippen LogP contribution in [0.3, 0.4) is 0 Å². The predicted molar refractivity (Wildman–Crippen MR) is 79.6 cm³/mol. The zero-order valence-corrected chi connectivity index (χ0v) is 11.7. The maximum atomic E-state index is 9.28. The van der Waals surface area contributed by atoms with E-state index in [9.17, 15) is 5.11 Å². The van der Waals surface area contributed by atoms with E-state index >= 15 is 0 Å². The molecule has 0 aromatic heterocycles. The van der Waals surface area contributed by atoms with Crippen molar-refractivity contribution < 1.29 is 10.2 Å². The monoisotopic (exact) mass is 262 g/mol. The summed E-state index contributed by atoms with van der Waals surface area (Å²) in [6.07, 6.45) is 1.78. The van der Waals surface area contributed by atoms with Crippen LogP contribution >= 0.6 is 9.24 Å².